The number of anilines is 1. The Morgan fingerprint density at radius 1 is 1.20 bits per heavy atom. The van der Waals surface area contributed by atoms with E-state index in [1.807, 2.05) is 19.1 Å². The van der Waals surface area contributed by atoms with Gasteiger partial charge in [0.15, 0.2) is 0 Å². The van der Waals surface area contributed by atoms with Crippen molar-refractivity contribution >= 4 is 23.3 Å². The molecule has 3 heterocycles. The number of alkyl halides is 3. The molecule has 1 atom stereocenters. The van der Waals surface area contributed by atoms with E-state index in [4.69, 9.17) is 4.74 Å². The molecule has 0 fully saturated rings. The molecule has 0 spiro atoms. The van der Waals surface area contributed by atoms with Gasteiger partial charge in [-0.05, 0) is 42.8 Å². The van der Waals surface area contributed by atoms with Crippen molar-refractivity contribution in [2.75, 3.05) is 25.0 Å². The highest BCUT2D eigenvalue weighted by Gasteiger charge is 2.30. The van der Waals surface area contributed by atoms with Crippen LogP contribution in [0.4, 0.5) is 19.0 Å². The lowest BCUT2D eigenvalue weighted by Crippen LogP contribution is -2.32. The third kappa shape index (κ3) is 6.77. The second-order valence-electron chi connectivity index (χ2n) is 8.91. The highest BCUT2D eigenvalue weighted by atomic mass is 19.4. The minimum absolute atomic E-state index is 0.249. The zero-order valence-electron chi connectivity index (χ0n) is 21.9. The second kappa shape index (κ2) is 12.3. The molecule has 4 aromatic rings. The van der Waals surface area contributed by atoms with Gasteiger partial charge in [0.1, 0.15) is 17.6 Å². The number of fused-ring (bicyclic) bond motifs is 1. The van der Waals surface area contributed by atoms with Crippen LogP contribution in [-0.2, 0) is 11.0 Å². The van der Waals surface area contributed by atoms with E-state index < -0.39 is 17.7 Å². The predicted molar refractivity (Wildman–Crippen MR) is 145 cm³/mol. The number of rotatable bonds is 10. The van der Waals surface area contributed by atoms with E-state index >= 15 is 0 Å². The van der Waals surface area contributed by atoms with Gasteiger partial charge in [-0.25, -0.2) is 9.50 Å². The maximum absolute atomic E-state index is 12.9. The number of benzene rings is 1. The summed E-state index contributed by atoms with van der Waals surface area (Å²) in [6.45, 7) is 4.77. The first-order valence-electron chi connectivity index (χ1n) is 12.6. The van der Waals surface area contributed by atoms with Gasteiger partial charge in [0.2, 0.25) is 5.91 Å². The van der Waals surface area contributed by atoms with Gasteiger partial charge in [0.05, 0.1) is 41.6 Å². The molecular formula is C29H27F3N6O2. The Morgan fingerprint density at radius 3 is 2.73 bits per heavy atom. The number of amides is 1. The molecule has 206 valence electrons. The SMILES string of the molecule is CCOc1cc(-c2ccc(NCCNC(=O)C(C)/C=C/c3cccc(C(F)(F)F)c3)nc2)c2c(C#N)cnn2c1. The molecule has 1 unspecified atom stereocenters. The van der Waals surface area contributed by atoms with Gasteiger partial charge in [-0.1, -0.05) is 31.2 Å². The van der Waals surface area contributed by atoms with Crippen LogP contribution in [-0.4, -0.2) is 40.2 Å². The number of carbonyl (C=O) groups excluding carboxylic acids is 1. The fraction of sp³-hybridized carbons (Fsp3) is 0.241. The van der Waals surface area contributed by atoms with Crippen LogP contribution in [0.2, 0.25) is 0 Å². The molecular weight excluding hydrogens is 521 g/mol. The smallest absolute Gasteiger partial charge is 0.416 e. The number of pyridine rings is 2. The Bertz CT molecular complexity index is 1560. The van der Waals surface area contributed by atoms with Crippen LogP contribution in [0.3, 0.4) is 0 Å². The van der Waals surface area contributed by atoms with Crippen LogP contribution in [0.1, 0.15) is 30.5 Å². The highest BCUT2D eigenvalue weighted by Crippen LogP contribution is 2.31. The van der Waals surface area contributed by atoms with Crippen molar-refractivity contribution in [1.29, 1.82) is 5.26 Å². The first-order chi connectivity index (χ1) is 19.2. The van der Waals surface area contributed by atoms with E-state index in [2.05, 4.69) is 26.8 Å². The number of aromatic nitrogens is 3. The zero-order valence-corrected chi connectivity index (χ0v) is 21.9. The standard InChI is InChI=1S/C29H27F3N6O2/c1-3-40-24-14-25(27-22(15-33)17-37-38(27)18-24)21-9-10-26(36-16-21)34-11-12-35-28(39)19(2)7-8-20-5-4-6-23(13-20)29(30,31)32/h4-10,13-14,16-19H,3,11-12H2,1-2H3,(H,34,36)(H,35,39)/b8-7+. The minimum atomic E-state index is -4.42. The fourth-order valence-corrected chi connectivity index (χ4v) is 4.00. The molecule has 0 saturated carbocycles. The summed E-state index contributed by atoms with van der Waals surface area (Å²) in [6, 6.07) is 12.6. The van der Waals surface area contributed by atoms with Crippen LogP contribution in [0.15, 0.2) is 67.1 Å². The molecule has 0 saturated heterocycles. The molecule has 3 aromatic heterocycles. The summed E-state index contributed by atoms with van der Waals surface area (Å²) in [7, 11) is 0. The summed E-state index contributed by atoms with van der Waals surface area (Å²) < 4.78 is 45.9. The van der Waals surface area contributed by atoms with Crippen molar-refractivity contribution in [2.24, 2.45) is 5.92 Å². The molecule has 40 heavy (non-hydrogen) atoms. The van der Waals surface area contributed by atoms with Gasteiger partial charge in [-0.3, -0.25) is 4.79 Å². The fourth-order valence-electron chi connectivity index (χ4n) is 4.00. The first kappa shape index (κ1) is 28.2. The van der Waals surface area contributed by atoms with Crippen molar-refractivity contribution in [3.8, 4) is 22.9 Å². The average Bonchev–Trinajstić information content (AvgIpc) is 3.37. The average molecular weight is 549 g/mol. The number of nitrogens with zero attached hydrogens (tertiary/aromatic N) is 4. The van der Waals surface area contributed by atoms with Crippen molar-refractivity contribution < 1.29 is 22.7 Å². The normalized spacial score (nSPS) is 12.3. The molecule has 4 rings (SSSR count). The maximum atomic E-state index is 12.9. The minimum Gasteiger partial charge on any atom is -0.492 e. The summed E-state index contributed by atoms with van der Waals surface area (Å²) in [5.74, 6) is 0.439. The second-order valence-corrected chi connectivity index (χ2v) is 8.91. The van der Waals surface area contributed by atoms with E-state index in [9.17, 15) is 23.2 Å². The van der Waals surface area contributed by atoms with Gasteiger partial charge in [-0.2, -0.15) is 23.5 Å². The molecule has 0 aliphatic rings. The monoisotopic (exact) mass is 548 g/mol. The topological polar surface area (TPSA) is 104 Å². The van der Waals surface area contributed by atoms with Gasteiger partial charge < -0.3 is 15.4 Å². The van der Waals surface area contributed by atoms with Crippen LogP contribution < -0.4 is 15.4 Å². The predicted octanol–water partition coefficient (Wildman–Crippen LogP) is 5.56. The van der Waals surface area contributed by atoms with Gasteiger partial charge in [0, 0.05) is 30.4 Å². The van der Waals surface area contributed by atoms with Gasteiger partial charge in [0.25, 0.3) is 0 Å². The van der Waals surface area contributed by atoms with E-state index in [1.165, 1.54) is 18.3 Å². The summed E-state index contributed by atoms with van der Waals surface area (Å²) in [6.07, 6.45) is 3.56. The summed E-state index contributed by atoms with van der Waals surface area (Å²) in [5, 5.41) is 19.7. The van der Waals surface area contributed by atoms with E-state index in [0.717, 1.165) is 23.3 Å². The van der Waals surface area contributed by atoms with E-state index in [-0.39, 0.29) is 5.91 Å². The molecule has 1 aromatic carbocycles. The number of nitriles is 1. The number of halogens is 3. The summed E-state index contributed by atoms with van der Waals surface area (Å²) in [4.78, 5) is 16.8. The van der Waals surface area contributed by atoms with E-state index in [1.54, 1.807) is 42.0 Å². The van der Waals surface area contributed by atoms with Crippen LogP contribution in [0.5, 0.6) is 5.75 Å². The lowest BCUT2D eigenvalue weighted by Gasteiger charge is -2.12. The molecule has 11 heteroatoms. The van der Waals surface area contributed by atoms with Gasteiger partial charge in [-0.15, -0.1) is 0 Å². The van der Waals surface area contributed by atoms with Crippen molar-refractivity contribution in [3.63, 3.8) is 0 Å². The molecule has 1 amide bonds. The third-order valence-corrected chi connectivity index (χ3v) is 6.03. The Morgan fingerprint density at radius 2 is 2.02 bits per heavy atom. The van der Waals surface area contributed by atoms with Crippen molar-refractivity contribution in [1.82, 2.24) is 19.9 Å². The molecule has 0 aliphatic carbocycles. The molecule has 0 bridgehead atoms. The van der Waals surface area contributed by atoms with Crippen LogP contribution in [0, 0.1) is 17.2 Å². The quantitative estimate of drug-likeness (QED) is 0.252. The van der Waals surface area contributed by atoms with Crippen molar-refractivity contribution in [2.45, 2.75) is 20.0 Å². The first-order valence-corrected chi connectivity index (χ1v) is 12.6. The number of nitrogens with one attached hydrogen (secondary N) is 2. The van der Waals surface area contributed by atoms with Crippen molar-refractivity contribution in [3.05, 3.63) is 83.8 Å². The molecule has 0 radical (unpaired) electrons. The lowest BCUT2D eigenvalue weighted by molar-refractivity contribution is -0.137. The Kier molecular flexibility index (Phi) is 8.69. The molecule has 8 nitrogen and oxygen atoms in total. The lowest BCUT2D eigenvalue weighted by atomic mass is 10.1. The Balaban J connectivity index is 1.32. The summed E-state index contributed by atoms with van der Waals surface area (Å²) >= 11 is 0. The molecule has 0 aliphatic heterocycles. The summed E-state index contributed by atoms with van der Waals surface area (Å²) in [5.41, 5.74) is 2.28. The number of hydrogen-bond donors (Lipinski definition) is 2. The van der Waals surface area contributed by atoms with Crippen LogP contribution >= 0.6 is 0 Å². The van der Waals surface area contributed by atoms with E-state index in [0.29, 0.717) is 47.9 Å². The maximum Gasteiger partial charge on any atom is 0.416 e. The molecule has 2 N–H and O–H groups in total. The Labute approximate surface area is 229 Å². The number of ether oxygens (including phenoxy) is 1. The Hall–Kier alpha value is -4.85. The largest absolute Gasteiger partial charge is 0.492 e. The van der Waals surface area contributed by atoms with Crippen LogP contribution in [0.25, 0.3) is 22.7 Å². The number of hydrogen-bond acceptors (Lipinski definition) is 6. The zero-order chi connectivity index (χ0) is 28.7. The third-order valence-electron chi connectivity index (χ3n) is 6.03. The highest BCUT2D eigenvalue weighted by molar-refractivity contribution is 5.85. The van der Waals surface area contributed by atoms with Gasteiger partial charge >= 0.3 is 6.18 Å². The number of carbonyl (C=O) groups is 1.